The molecule has 1 aliphatic heterocycles. The molecule has 0 fully saturated rings. The number of fused-ring (bicyclic) bond motifs is 3. The molecule has 3 aromatic rings. The molecule has 0 radical (unpaired) electrons. The Morgan fingerprint density at radius 1 is 0.944 bits per heavy atom. The van der Waals surface area contributed by atoms with Crippen LogP contribution in [0, 0.1) is 5.92 Å². The quantitative estimate of drug-likeness (QED) is 0.519. The second-order valence-electron chi connectivity index (χ2n) is 10.2. The van der Waals surface area contributed by atoms with Gasteiger partial charge in [0.1, 0.15) is 0 Å². The van der Waals surface area contributed by atoms with E-state index in [4.69, 9.17) is 4.74 Å². The third kappa shape index (κ3) is 4.02. The summed E-state index contributed by atoms with van der Waals surface area (Å²) in [5, 5.41) is 4.47. The molecule has 5 rings (SSSR count). The van der Waals surface area contributed by atoms with Crippen LogP contribution in [0.15, 0.2) is 59.5 Å². The lowest BCUT2D eigenvalue weighted by Crippen LogP contribution is -2.50. The van der Waals surface area contributed by atoms with E-state index in [2.05, 4.69) is 41.5 Å². The number of aryl methyl sites for hydroxylation is 2. The molecule has 2 heterocycles. The first-order chi connectivity index (χ1) is 17.3. The molecule has 0 unspecified atom stereocenters. The summed E-state index contributed by atoms with van der Waals surface area (Å²) in [6, 6.07) is 16.4. The number of nitrogens with zero attached hydrogens (tertiary/aromatic N) is 3. The van der Waals surface area contributed by atoms with E-state index in [1.54, 1.807) is 23.4 Å². The Balaban J connectivity index is 1.77. The van der Waals surface area contributed by atoms with E-state index in [9.17, 15) is 14.4 Å². The average molecular weight is 486 g/mol. The topological polar surface area (TPSA) is 81.5 Å². The fraction of sp³-hybridized carbons (Fsp3) is 0.379. The molecule has 1 amide bonds. The molecule has 36 heavy (non-hydrogen) atoms. The summed E-state index contributed by atoms with van der Waals surface area (Å²) >= 11 is 0. The lowest BCUT2D eigenvalue weighted by atomic mass is 9.81. The summed E-state index contributed by atoms with van der Waals surface area (Å²) in [7, 11) is 0. The molecule has 7 nitrogen and oxygen atoms in total. The smallest absolute Gasteiger partial charge is 0.313 e. The van der Waals surface area contributed by atoms with Gasteiger partial charge >= 0.3 is 5.97 Å². The van der Waals surface area contributed by atoms with Crippen molar-refractivity contribution >= 4 is 11.9 Å². The molecular formula is C29H31N3O4. The molecule has 1 atom stereocenters. The first-order valence-electron chi connectivity index (χ1n) is 12.6. The maximum atomic E-state index is 13.7. The van der Waals surface area contributed by atoms with Gasteiger partial charge < -0.3 is 9.64 Å². The largest absolute Gasteiger partial charge is 0.420 e. The summed E-state index contributed by atoms with van der Waals surface area (Å²) in [5.41, 5.74) is 4.38. The number of hydrogen-bond acceptors (Lipinski definition) is 5. The number of rotatable bonds is 4. The predicted octanol–water partition coefficient (Wildman–Crippen LogP) is 4.14. The van der Waals surface area contributed by atoms with Crippen LogP contribution in [-0.4, -0.2) is 39.1 Å². The van der Waals surface area contributed by atoms with Gasteiger partial charge in [0, 0.05) is 18.5 Å². The van der Waals surface area contributed by atoms with Gasteiger partial charge in [-0.25, -0.2) is 0 Å². The zero-order valence-electron chi connectivity index (χ0n) is 21.1. The highest BCUT2D eigenvalue weighted by atomic mass is 16.5. The minimum atomic E-state index is -0.574. The lowest BCUT2D eigenvalue weighted by Gasteiger charge is -2.41. The zero-order valence-corrected chi connectivity index (χ0v) is 21.1. The van der Waals surface area contributed by atoms with Crippen molar-refractivity contribution in [1.29, 1.82) is 0 Å². The Morgan fingerprint density at radius 3 is 2.08 bits per heavy atom. The van der Waals surface area contributed by atoms with Gasteiger partial charge in [0.15, 0.2) is 5.69 Å². The Hall–Kier alpha value is -3.74. The van der Waals surface area contributed by atoms with E-state index in [1.165, 1.54) is 22.3 Å². The van der Waals surface area contributed by atoms with Crippen molar-refractivity contribution in [3.63, 3.8) is 0 Å². The second-order valence-corrected chi connectivity index (χ2v) is 10.2. The van der Waals surface area contributed by atoms with E-state index in [0.717, 1.165) is 19.0 Å². The molecular weight excluding hydrogens is 454 g/mol. The number of carbonyl (C=O) groups excluding carboxylic acids is 2. The molecule has 1 aliphatic carbocycles. The van der Waals surface area contributed by atoms with Crippen molar-refractivity contribution in [1.82, 2.24) is 14.7 Å². The van der Waals surface area contributed by atoms with Gasteiger partial charge in [-0.3, -0.25) is 19.1 Å². The molecule has 0 spiro atoms. The summed E-state index contributed by atoms with van der Waals surface area (Å²) in [4.78, 5) is 40.9. The van der Waals surface area contributed by atoms with E-state index in [1.807, 2.05) is 26.0 Å². The first-order valence-corrected chi connectivity index (χ1v) is 12.6. The summed E-state index contributed by atoms with van der Waals surface area (Å²) in [6.07, 6.45) is 3.00. The van der Waals surface area contributed by atoms with Crippen LogP contribution >= 0.6 is 0 Å². The molecule has 186 valence electrons. The van der Waals surface area contributed by atoms with Crippen LogP contribution in [-0.2, 0) is 17.6 Å². The first kappa shape index (κ1) is 24.0. The maximum absolute atomic E-state index is 13.7. The second kappa shape index (κ2) is 9.37. The number of esters is 1. The molecule has 2 aliphatic rings. The van der Waals surface area contributed by atoms with Gasteiger partial charge in [-0.05, 0) is 48.9 Å². The number of ether oxygens (including phenoxy) is 1. The standard InChI is InChI=1S/C29H31N3O4/c1-17(2)29(35)36-27-24(33)15-30-32-23(16-31(18(3)4)28(34)26(27)32)25-21-11-7-5-9-19(21)13-14-20-10-6-8-12-22(20)25/h5-12,15,17-18,23,25H,13-14,16H2,1-4H3/t23-/m1/s1. The van der Waals surface area contributed by atoms with Crippen LogP contribution in [0.25, 0.3) is 0 Å². The van der Waals surface area contributed by atoms with Gasteiger partial charge in [0.05, 0.1) is 18.2 Å². The Labute approximate surface area is 210 Å². The van der Waals surface area contributed by atoms with Crippen LogP contribution in [0.3, 0.4) is 0 Å². The number of aromatic nitrogens is 2. The molecule has 0 saturated carbocycles. The van der Waals surface area contributed by atoms with Gasteiger partial charge in [0.2, 0.25) is 11.2 Å². The van der Waals surface area contributed by atoms with E-state index in [0.29, 0.717) is 6.54 Å². The fourth-order valence-electron chi connectivity index (χ4n) is 5.39. The highest BCUT2D eigenvalue weighted by molar-refractivity contribution is 5.97. The molecule has 1 aromatic heterocycles. The Kier molecular flexibility index (Phi) is 6.24. The van der Waals surface area contributed by atoms with Crippen molar-refractivity contribution in [2.75, 3.05) is 6.54 Å². The van der Waals surface area contributed by atoms with Crippen LogP contribution in [0.1, 0.15) is 72.4 Å². The average Bonchev–Trinajstić information content (AvgIpc) is 3.02. The minimum absolute atomic E-state index is 0.0423. The van der Waals surface area contributed by atoms with E-state index in [-0.39, 0.29) is 35.4 Å². The van der Waals surface area contributed by atoms with E-state index >= 15 is 0 Å². The van der Waals surface area contributed by atoms with Gasteiger partial charge in [0.25, 0.3) is 5.91 Å². The monoisotopic (exact) mass is 485 g/mol. The van der Waals surface area contributed by atoms with Crippen molar-refractivity contribution in [3.05, 3.63) is 92.9 Å². The Morgan fingerprint density at radius 2 is 1.53 bits per heavy atom. The molecule has 0 saturated heterocycles. The number of amides is 1. The maximum Gasteiger partial charge on any atom is 0.313 e. The minimum Gasteiger partial charge on any atom is -0.420 e. The SMILES string of the molecule is CC(C)C(=O)Oc1c2n(ncc1=O)[C@@H](C1c3ccccc3CCc3ccccc31)CN(C(C)C)C2=O. The van der Waals surface area contributed by atoms with Gasteiger partial charge in [-0.15, -0.1) is 0 Å². The molecule has 0 N–H and O–H groups in total. The van der Waals surface area contributed by atoms with Crippen LogP contribution < -0.4 is 10.2 Å². The summed E-state index contributed by atoms with van der Waals surface area (Å²) in [5.74, 6) is -1.70. The van der Waals surface area contributed by atoms with Crippen LogP contribution in [0.2, 0.25) is 0 Å². The molecule has 0 bridgehead atoms. The van der Waals surface area contributed by atoms with Crippen LogP contribution in [0.5, 0.6) is 5.75 Å². The number of carbonyl (C=O) groups is 2. The fourth-order valence-corrected chi connectivity index (χ4v) is 5.39. The van der Waals surface area contributed by atoms with Crippen molar-refractivity contribution in [2.24, 2.45) is 5.92 Å². The van der Waals surface area contributed by atoms with Crippen LogP contribution in [0.4, 0.5) is 0 Å². The van der Waals surface area contributed by atoms with Gasteiger partial charge in [-0.2, -0.15) is 5.10 Å². The van der Waals surface area contributed by atoms with Crippen molar-refractivity contribution in [3.8, 4) is 5.75 Å². The lowest BCUT2D eigenvalue weighted by molar-refractivity contribution is -0.137. The normalized spacial score (nSPS) is 17.4. The van der Waals surface area contributed by atoms with Crippen molar-refractivity contribution in [2.45, 2.75) is 58.5 Å². The zero-order chi connectivity index (χ0) is 25.6. The van der Waals surface area contributed by atoms with Gasteiger partial charge in [-0.1, -0.05) is 62.4 Å². The van der Waals surface area contributed by atoms with Crippen molar-refractivity contribution < 1.29 is 14.3 Å². The Bertz CT molecular complexity index is 1340. The number of hydrogen-bond donors (Lipinski definition) is 0. The highest BCUT2D eigenvalue weighted by Crippen LogP contribution is 2.44. The number of benzene rings is 2. The summed E-state index contributed by atoms with van der Waals surface area (Å²) < 4.78 is 7.18. The molecule has 2 aromatic carbocycles. The molecule has 7 heteroatoms. The predicted molar refractivity (Wildman–Crippen MR) is 136 cm³/mol. The summed E-state index contributed by atoms with van der Waals surface area (Å²) in [6.45, 7) is 7.71. The highest BCUT2D eigenvalue weighted by Gasteiger charge is 2.42. The third-order valence-electron chi connectivity index (χ3n) is 7.25. The third-order valence-corrected chi connectivity index (χ3v) is 7.25. The van der Waals surface area contributed by atoms with E-state index < -0.39 is 17.3 Å².